The van der Waals surface area contributed by atoms with Gasteiger partial charge in [-0.15, -0.1) is 0 Å². The van der Waals surface area contributed by atoms with Crippen molar-refractivity contribution in [2.45, 2.75) is 38.0 Å². The first-order chi connectivity index (χ1) is 13.3. The summed E-state index contributed by atoms with van der Waals surface area (Å²) in [6.45, 7) is 6.00. The predicted molar refractivity (Wildman–Crippen MR) is 107 cm³/mol. The fourth-order valence-corrected chi connectivity index (χ4v) is 3.87. The van der Waals surface area contributed by atoms with Crippen molar-refractivity contribution in [2.24, 2.45) is 0 Å². The van der Waals surface area contributed by atoms with Crippen LogP contribution >= 0.6 is 0 Å². The number of benzene rings is 2. The molecule has 0 saturated carbocycles. The van der Waals surface area contributed by atoms with Gasteiger partial charge in [-0.25, -0.2) is 4.79 Å². The Hall–Kier alpha value is -2.95. The highest BCUT2D eigenvalue weighted by Gasteiger charge is 2.53. The van der Waals surface area contributed by atoms with Crippen LogP contribution in [0.3, 0.4) is 0 Å². The molecule has 2 atom stereocenters. The number of hydrogen-bond donors (Lipinski definition) is 0. The summed E-state index contributed by atoms with van der Waals surface area (Å²) in [4.78, 5) is 15.1. The van der Waals surface area contributed by atoms with E-state index in [1.54, 1.807) is 12.0 Å². The minimum atomic E-state index is -0.677. The third kappa shape index (κ3) is 3.01. The van der Waals surface area contributed by atoms with E-state index in [2.05, 4.69) is 12.2 Å². The van der Waals surface area contributed by atoms with Crippen molar-refractivity contribution in [1.29, 1.82) is 0 Å². The van der Waals surface area contributed by atoms with Crippen LogP contribution in [-0.2, 0) is 10.3 Å². The minimum absolute atomic E-state index is 0.254. The summed E-state index contributed by atoms with van der Waals surface area (Å²) in [5, 5.41) is 0. The molecule has 2 aliphatic rings. The van der Waals surface area contributed by atoms with Crippen molar-refractivity contribution in [3.8, 4) is 11.5 Å². The molecule has 4 rings (SSSR count). The first kappa shape index (κ1) is 18.4. The van der Waals surface area contributed by atoms with E-state index < -0.39 is 11.1 Å². The Morgan fingerprint density at radius 2 is 1.86 bits per heavy atom. The summed E-state index contributed by atoms with van der Waals surface area (Å²) in [5.41, 5.74) is 0.700. The Labute approximate surface area is 165 Å². The second kappa shape index (κ2) is 6.59. The van der Waals surface area contributed by atoms with Crippen molar-refractivity contribution in [1.82, 2.24) is 4.90 Å². The molecule has 0 saturated heterocycles. The molecule has 0 aromatic heterocycles. The van der Waals surface area contributed by atoms with Gasteiger partial charge >= 0.3 is 6.09 Å². The molecule has 0 fully saturated rings. The van der Waals surface area contributed by atoms with E-state index in [0.29, 0.717) is 6.61 Å². The van der Waals surface area contributed by atoms with E-state index in [-0.39, 0.29) is 12.1 Å². The SMILES string of the molecule is COc1ccc([C@H]2C=C[C@@]3(COc4ccccc43)N2C(=O)OC(C)(C)C)cc1. The molecule has 0 N–H and O–H groups in total. The van der Waals surface area contributed by atoms with Crippen molar-refractivity contribution in [2.75, 3.05) is 13.7 Å². The zero-order valence-corrected chi connectivity index (χ0v) is 16.6. The third-order valence-electron chi connectivity index (χ3n) is 5.11. The quantitative estimate of drug-likeness (QED) is 0.701. The van der Waals surface area contributed by atoms with E-state index in [9.17, 15) is 4.79 Å². The molecule has 28 heavy (non-hydrogen) atoms. The van der Waals surface area contributed by atoms with Crippen LogP contribution in [-0.4, -0.2) is 30.3 Å². The number of carbonyl (C=O) groups is 1. The van der Waals surface area contributed by atoms with Crippen LogP contribution in [0.25, 0.3) is 0 Å². The smallest absolute Gasteiger partial charge is 0.412 e. The van der Waals surface area contributed by atoms with Crippen LogP contribution in [0, 0.1) is 0 Å². The number of amides is 1. The lowest BCUT2D eigenvalue weighted by Crippen LogP contribution is -2.49. The number of nitrogens with zero attached hydrogens (tertiary/aromatic N) is 1. The summed E-state index contributed by atoms with van der Waals surface area (Å²) in [7, 11) is 1.64. The summed E-state index contributed by atoms with van der Waals surface area (Å²) in [6, 6.07) is 15.4. The average Bonchev–Trinajstić information content (AvgIpc) is 3.23. The molecule has 0 unspecified atom stereocenters. The first-order valence-electron chi connectivity index (χ1n) is 9.42. The number of carbonyl (C=O) groups excluding carboxylic acids is 1. The molecule has 0 bridgehead atoms. The fourth-order valence-electron chi connectivity index (χ4n) is 3.87. The summed E-state index contributed by atoms with van der Waals surface area (Å²) >= 11 is 0. The van der Waals surface area contributed by atoms with Crippen molar-refractivity contribution in [3.05, 3.63) is 71.8 Å². The molecule has 5 heteroatoms. The lowest BCUT2D eigenvalue weighted by atomic mass is 9.91. The molecule has 2 heterocycles. The molecule has 1 spiro atoms. The molecule has 2 aromatic carbocycles. The monoisotopic (exact) mass is 379 g/mol. The third-order valence-corrected chi connectivity index (χ3v) is 5.11. The summed E-state index contributed by atoms with van der Waals surface area (Å²) < 4.78 is 17.0. The lowest BCUT2D eigenvalue weighted by molar-refractivity contribution is -0.00268. The van der Waals surface area contributed by atoms with Gasteiger partial charge in [-0.1, -0.05) is 42.5 Å². The number of ether oxygens (including phenoxy) is 3. The number of hydrogen-bond acceptors (Lipinski definition) is 4. The highest BCUT2D eigenvalue weighted by molar-refractivity contribution is 5.74. The first-order valence-corrected chi connectivity index (χ1v) is 9.42. The number of rotatable bonds is 2. The van der Waals surface area contributed by atoms with Gasteiger partial charge in [0.25, 0.3) is 0 Å². The fraction of sp³-hybridized carbons (Fsp3) is 0.348. The van der Waals surface area contributed by atoms with E-state index in [1.165, 1.54) is 0 Å². The Morgan fingerprint density at radius 1 is 1.14 bits per heavy atom. The van der Waals surface area contributed by atoms with Crippen LogP contribution in [0.5, 0.6) is 11.5 Å². The highest BCUT2D eigenvalue weighted by atomic mass is 16.6. The maximum Gasteiger partial charge on any atom is 0.412 e. The Bertz CT molecular complexity index is 913. The minimum Gasteiger partial charge on any atom is -0.497 e. The van der Waals surface area contributed by atoms with Crippen LogP contribution in [0.4, 0.5) is 4.79 Å². The lowest BCUT2D eigenvalue weighted by Gasteiger charge is -2.38. The van der Waals surface area contributed by atoms with Gasteiger partial charge in [0, 0.05) is 5.56 Å². The Kier molecular flexibility index (Phi) is 4.33. The largest absolute Gasteiger partial charge is 0.497 e. The molecule has 1 amide bonds. The van der Waals surface area contributed by atoms with Gasteiger partial charge in [0.2, 0.25) is 0 Å². The van der Waals surface area contributed by atoms with Gasteiger partial charge in [0.05, 0.1) is 13.2 Å². The molecular formula is C23H25NO4. The number of fused-ring (bicyclic) bond motifs is 2. The number of methoxy groups -OCH3 is 1. The van der Waals surface area contributed by atoms with Gasteiger partial charge in [-0.2, -0.15) is 0 Å². The average molecular weight is 379 g/mol. The molecule has 2 aliphatic heterocycles. The van der Waals surface area contributed by atoms with E-state index >= 15 is 0 Å². The van der Waals surface area contributed by atoms with Crippen LogP contribution in [0.15, 0.2) is 60.7 Å². The van der Waals surface area contributed by atoms with Gasteiger partial charge in [0.15, 0.2) is 0 Å². The second-order valence-electron chi connectivity index (χ2n) is 8.14. The maximum atomic E-state index is 13.3. The van der Waals surface area contributed by atoms with Crippen LogP contribution in [0.2, 0.25) is 0 Å². The Balaban J connectivity index is 1.77. The van der Waals surface area contributed by atoms with E-state index in [0.717, 1.165) is 22.6 Å². The van der Waals surface area contributed by atoms with Gasteiger partial charge in [0.1, 0.15) is 29.2 Å². The summed E-state index contributed by atoms with van der Waals surface area (Å²) in [6.07, 6.45) is 3.76. The van der Waals surface area contributed by atoms with Crippen molar-refractivity contribution >= 4 is 6.09 Å². The topological polar surface area (TPSA) is 48.0 Å². The zero-order valence-electron chi connectivity index (χ0n) is 16.6. The molecule has 146 valence electrons. The maximum absolute atomic E-state index is 13.3. The van der Waals surface area contributed by atoms with Gasteiger partial charge < -0.3 is 14.2 Å². The highest BCUT2D eigenvalue weighted by Crippen LogP contribution is 2.50. The van der Waals surface area contributed by atoms with Crippen molar-refractivity contribution in [3.63, 3.8) is 0 Å². The van der Waals surface area contributed by atoms with Crippen LogP contribution < -0.4 is 9.47 Å². The molecule has 2 aromatic rings. The molecule has 0 radical (unpaired) electrons. The normalized spacial score (nSPS) is 22.9. The van der Waals surface area contributed by atoms with Crippen LogP contribution in [0.1, 0.15) is 37.9 Å². The second-order valence-corrected chi connectivity index (χ2v) is 8.14. The molecular weight excluding hydrogens is 354 g/mol. The Morgan fingerprint density at radius 3 is 2.54 bits per heavy atom. The van der Waals surface area contributed by atoms with E-state index in [4.69, 9.17) is 14.2 Å². The van der Waals surface area contributed by atoms with Gasteiger partial charge in [-0.05, 0) is 44.5 Å². The van der Waals surface area contributed by atoms with Gasteiger partial charge in [-0.3, -0.25) is 4.90 Å². The number of para-hydroxylation sites is 1. The standard InChI is InChI=1S/C23H25NO4/c1-22(2,3)28-21(25)24-19(16-9-11-17(26-4)12-10-16)13-14-23(24)15-27-20-8-6-5-7-18(20)23/h5-14,19H,15H2,1-4H3/t19-,23+/m1/s1. The zero-order chi connectivity index (χ0) is 19.9. The molecule has 5 nitrogen and oxygen atoms in total. The van der Waals surface area contributed by atoms with E-state index in [1.807, 2.05) is 69.3 Å². The molecule has 0 aliphatic carbocycles. The van der Waals surface area contributed by atoms with Crippen molar-refractivity contribution < 1.29 is 19.0 Å². The summed E-state index contributed by atoms with van der Waals surface area (Å²) in [5.74, 6) is 1.58. The predicted octanol–water partition coefficient (Wildman–Crippen LogP) is 4.83.